The second kappa shape index (κ2) is 6.61. The van der Waals surface area contributed by atoms with Crippen LogP contribution in [0.25, 0.3) is 22.3 Å². The number of fused-ring (bicyclic) bond motifs is 1. The van der Waals surface area contributed by atoms with Crippen LogP contribution in [0, 0.1) is 19.7 Å². The van der Waals surface area contributed by atoms with E-state index in [-0.39, 0.29) is 5.82 Å². The maximum absolute atomic E-state index is 13.9. The normalized spacial score (nSPS) is 17.7. The molecule has 26 heavy (non-hydrogen) atoms. The molecule has 1 aliphatic rings. The standard InChI is InChI=1S/C20H21FN4O/c1-12-8-16-14(3)23-20(24-18(16)9-17(12)21)15-4-5-19(22-10-15)25-6-7-26-11-13(25)2/h4-5,8-10,13H,6-7,11H2,1-3H3/t13-/m0/s1. The molecule has 0 N–H and O–H groups in total. The minimum absolute atomic E-state index is 0.253. The van der Waals surface area contributed by atoms with Gasteiger partial charge in [0.2, 0.25) is 0 Å². The quantitative estimate of drug-likeness (QED) is 0.704. The average Bonchev–Trinajstić information content (AvgIpc) is 2.64. The van der Waals surface area contributed by atoms with E-state index in [0.29, 0.717) is 36.2 Å². The summed E-state index contributed by atoms with van der Waals surface area (Å²) in [4.78, 5) is 16.0. The fraction of sp³-hybridized carbons (Fsp3) is 0.350. The Morgan fingerprint density at radius 2 is 2.04 bits per heavy atom. The van der Waals surface area contributed by atoms with E-state index in [4.69, 9.17) is 4.74 Å². The number of aromatic nitrogens is 3. The third-order valence-corrected chi connectivity index (χ3v) is 4.83. The van der Waals surface area contributed by atoms with Crippen LogP contribution in [0.2, 0.25) is 0 Å². The number of nitrogens with zero attached hydrogens (tertiary/aromatic N) is 4. The molecule has 0 bridgehead atoms. The molecule has 3 aromatic rings. The van der Waals surface area contributed by atoms with Gasteiger partial charge in [0.1, 0.15) is 11.6 Å². The van der Waals surface area contributed by atoms with Gasteiger partial charge in [-0.15, -0.1) is 0 Å². The summed E-state index contributed by atoms with van der Waals surface area (Å²) in [5.74, 6) is 1.23. The molecule has 1 saturated heterocycles. The maximum atomic E-state index is 13.9. The van der Waals surface area contributed by atoms with Crippen LogP contribution >= 0.6 is 0 Å². The number of halogens is 1. The SMILES string of the molecule is Cc1cc2c(C)nc(-c3ccc(N4CCOC[C@@H]4C)nc3)nc2cc1F. The van der Waals surface area contributed by atoms with E-state index in [2.05, 4.69) is 26.8 Å². The van der Waals surface area contributed by atoms with Crippen LogP contribution in [-0.2, 0) is 4.74 Å². The number of hydrogen-bond donors (Lipinski definition) is 0. The molecule has 5 nitrogen and oxygen atoms in total. The Bertz CT molecular complexity index is 958. The Hall–Kier alpha value is -2.60. The second-order valence-electron chi connectivity index (χ2n) is 6.77. The first-order chi connectivity index (χ1) is 12.5. The lowest BCUT2D eigenvalue weighted by Gasteiger charge is -2.34. The zero-order chi connectivity index (χ0) is 18.3. The van der Waals surface area contributed by atoms with Crippen molar-refractivity contribution in [1.29, 1.82) is 0 Å². The zero-order valence-corrected chi connectivity index (χ0v) is 15.2. The van der Waals surface area contributed by atoms with Crippen molar-refractivity contribution in [2.24, 2.45) is 0 Å². The molecule has 2 aromatic heterocycles. The molecule has 1 aromatic carbocycles. The summed E-state index contributed by atoms with van der Waals surface area (Å²) in [6, 6.07) is 7.52. The van der Waals surface area contributed by atoms with Crippen molar-refractivity contribution in [3.05, 3.63) is 47.5 Å². The van der Waals surface area contributed by atoms with Crippen molar-refractivity contribution in [1.82, 2.24) is 15.0 Å². The summed E-state index contributed by atoms with van der Waals surface area (Å²) in [6.07, 6.45) is 1.78. The van der Waals surface area contributed by atoms with Crippen LogP contribution in [0.5, 0.6) is 0 Å². The highest BCUT2D eigenvalue weighted by Gasteiger charge is 2.20. The van der Waals surface area contributed by atoms with E-state index in [1.54, 1.807) is 19.2 Å². The van der Waals surface area contributed by atoms with Gasteiger partial charge in [-0.25, -0.2) is 19.3 Å². The van der Waals surface area contributed by atoms with Gasteiger partial charge in [-0.3, -0.25) is 0 Å². The molecule has 4 rings (SSSR count). The molecule has 0 radical (unpaired) electrons. The highest BCUT2D eigenvalue weighted by molar-refractivity contribution is 5.83. The van der Waals surface area contributed by atoms with Gasteiger partial charge in [-0.1, -0.05) is 0 Å². The lowest BCUT2D eigenvalue weighted by atomic mass is 10.1. The van der Waals surface area contributed by atoms with E-state index in [1.165, 1.54) is 6.07 Å². The molecule has 0 spiro atoms. The monoisotopic (exact) mass is 352 g/mol. The van der Waals surface area contributed by atoms with E-state index in [1.807, 2.05) is 19.1 Å². The summed E-state index contributed by atoms with van der Waals surface area (Å²) < 4.78 is 19.4. The van der Waals surface area contributed by atoms with Crippen molar-refractivity contribution in [2.75, 3.05) is 24.7 Å². The number of aryl methyl sites for hydroxylation is 2. The van der Waals surface area contributed by atoms with Crippen LogP contribution in [0.3, 0.4) is 0 Å². The van der Waals surface area contributed by atoms with E-state index < -0.39 is 0 Å². The number of benzene rings is 1. The molecule has 0 amide bonds. The van der Waals surface area contributed by atoms with E-state index in [9.17, 15) is 4.39 Å². The van der Waals surface area contributed by atoms with E-state index in [0.717, 1.165) is 29.0 Å². The van der Waals surface area contributed by atoms with Gasteiger partial charge in [-0.2, -0.15) is 0 Å². The summed E-state index contributed by atoms with van der Waals surface area (Å²) >= 11 is 0. The lowest BCUT2D eigenvalue weighted by molar-refractivity contribution is 0.0985. The first-order valence-corrected chi connectivity index (χ1v) is 8.78. The third kappa shape index (κ3) is 3.01. The van der Waals surface area contributed by atoms with Gasteiger partial charge in [-0.05, 0) is 44.5 Å². The van der Waals surface area contributed by atoms with Crippen molar-refractivity contribution in [3.63, 3.8) is 0 Å². The molecule has 6 heteroatoms. The van der Waals surface area contributed by atoms with Gasteiger partial charge in [0.15, 0.2) is 5.82 Å². The van der Waals surface area contributed by atoms with Crippen LogP contribution in [0.4, 0.5) is 10.2 Å². The van der Waals surface area contributed by atoms with Crippen molar-refractivity contribution >= 4 is 16.7 Å². The Labute approximate surface area is 151 Å². The van der Waals surface area contributed by atoms with Gasteiger partial charge in [0.05, 0.1) is 24.8 Å². The van der Waals surface area contributed by atoms with Crippen molar-refractivity contribution in [2.45, 2.75) is 26.8 Å². The number of morpholine rings is 1. The van der Waals surface area contributed by atoms with Gasteiger partial charge in [0.25, 0.3) is 0 Å². The molecule has 1 atom stereocenters. The molecule has 134 valence electrons. The number of ether oxygens (including phenoxy) is 1. The minimum Gasteiger partial charge on any atom is -0.377 e. The third-order valence-electron chi connectivity index (χ3n) is 4.83. The highest BCUT2D eigenvalue weighted by atomic mass is 19.1. The predicted molar refractivity (Wildman–Crippen MR) is 99.8 cm³/mol. The second-order valence-corrected chi connectivity index (χ2v) is 6.77. The number of rotatable bonds is 2. The Kier molecular flexibility index (Phi) is 4.28. The van der Waals surface area contributed by atoms with Crippen LogP contribution in [-0.4, -0.2) is 40.8 Å². The van der Waals surface area contributed by atoms with Gasteiger partial charge >= 0.3 is 0 Å². The van der Waals surface area contributed by atoms with Gasteiger partial charge in [0, 0.05) is 35.5 Å². The fourth-order valence-corrected chi connectivity index (χ4v) is 3.30. The van der Waals surface area contributed by atoms with Crippen LogP contribution < -0.4 is 4.90 Å². The Morgan fingerprint density at radius 1 is 1.19 bits per heavy atom. The van der Waals surface area contributed by atoms with Gasteiger partial charge < -0.3 is 9.64 Å². The first kappa shape index (κ1) is 16.8. The summed E-state index contributed by atoms with van der Waals surface area (Å²) in [5, 5.41) is 0.874. The number of hydrogen-bond acceptors (Lipinski definition) is 5. The molecule has 1 aliphatic heterocycles. The minimum atomic E-state index is -0.253. The van der Waals surface area contributed by atoms with Crippen LogP contribution in [0.15, 0.2) is 30.5 Å². The molecular formula is C20H21FN4O. The smallest absolute Gasteiger partial charge is 0.161 e. The Morgan fingerprint density at radius 3 is 2.77 bits per heavy atom. The molecule has 1 fully saturated rings. The average molecular weight is 352 g/mol. The summed E-state index contributed by atoms with van der Waals surface area (Å²) in [6.45, 7) is 8.05. The highest BCUT2D eigenvalue weighted by Crippen LogP contribution is 2.25. The topological polar surface area (TPSA) is 51.1 Å². The number of pyridine rings is 1. The van der Waals surface area contributed by atoms with Crippen molar-refractivity contribution < 1.29 is 9.13 Å². The zero-order valence-electron chi connectivity index (χ0n) is 15.2. The molecular weight excluding hydrogens is 331 g/mol. The maximum Gasteiger partial charge on any atom is 0.161 e. The first-order valence-electron chi connectivity index (χ1n) is 8.78. The largest absolute Gasteiger partial charge is 0.377 e. The molecule has 0 saturated carbocycles. The summed E-state index contributed by atoms with van der Waals surface area (Å²) in [7, 11) is 0. The molecule has 0 aliphatic carbocycles. The molecule has 0 unspecified atom stereocenters. The van der Waals surface area contributed by atoms with Crippen molar-refractivity contribution in [3.8, 4) is 11.4 Å². The van der Waals surface area contributed by atoms with Crippen LogP contribution in [0.1, 0.15) is 18.2 Å². The molecule has 3 heterocycles. The number of anilines is 1. The van der Waals surface area contributed by atoms with E-state index >= 15 is 0 Å². The Balaban J connectivity index is 1.70. The summed E-state index contributed by atoms with van der Waals surface area (Å²) in [5.41, 5.74) is 2.86. The predicted octanol–water partition coefficient (Wildman–Crippen LogP) is 3.67. The fourth-order valence-electron chi connectivity index (χ4n) is 3.30. The lowest BCUT2D eigenvalue weighted by Crippen LogP contribution is -2.44.